The predicted octanol–water partition coefficient (Wildman–Crippen LogP) is 1.46. The molecule has 19 heavy (non-hydrogen) atoms. The maximum atomic E-state index is 9.89. The molecule has 0 saturated heterocycles. The molecule has 0 aromatic carbocycles. The maximum Gasteiger partial charge on any atom is 0.191 e. The van der Waals surface area contributed by atoms with E-state index < -0.39 is 0 Å². The van der Waals surface area contributed by atoms with Crippen molar-refractivity contribution in [1.82, 2.24) is 20.1 Å². The number of aliphatic hydroxyl groups excluding tert-OH is 1. The molecule has 0 spiro atoms. The summed E-state index contributed by atoms with van der Waals surface area (Å²) in [7, 11) is 0. The molecule has 6 heteroatoms. The lowest BCUT2D eigenvalue weighted by molar-refractivity contribution is 0.196. The van der Waals surface area contributed by atoms with Gasteiger partial charge in [0.1, 0.15) is 5.82 Å². The Morgan fingerprint density at radius 1 is 1.37 bits per heavy atom. The van der Waals surface area contributed by atoms with E-state index in [9.17, 15) is 5.11 Å². The van der Waals surface area contributed by atoms with Gasteiger partial charge in [-0.2, -0.15) is 0 Å². The van der Waals surface area contributed by atoms with Crippen LogP contribution < -0.4 is 5.32 Å². The van der Waals surface area contributed by atoms with Gasteiger partial charge in [0.15, 0.2) is 5.16 Å². The SMILES string of the molecule is CCCNCC(O)CSc1nnc2n1CCCCC2. The first-order valence-corrected chi connectivity index (χ1v) is 8.23. The summed E-state index contributed by atoms with van der Waals surface area (Å²) in [4.78, 5) is 0. The van der Waals surface area contributed by atoms with Crippen LogP contribution in [0.25, 0.3) is 0 Å². The van der Waals surface area contributed by atoms with Crippen LogP contribution in [0.5, 0.6) is 0 Å². The molecule has 1 aromatic rings. The van der Waals surface area contributed by atoms with Gasteiger partial charge in [0.05, 0.1) is 6.10 Å². The molecule has 0 radical (unpaired) electrons. The third kappa shape index (κ3) is 4.47. The van der Waals surface area contributed by atoms with Crippen molar-refractivity contribution in [3.63, 3.8) is 0 Å². The number of aliphatic hydroxyl groups is 1. The Labute approximate surface area is 119 Å². The van der Waals surface area contributed by atoms with Crippen LogP contribution in [-0.2, 0) is 13.0 Å². The van der Waals surface area contributed by atoms with Gasteiger partial charge < -0.3 is 15.0 Å². The number of aryl methyl sites for hydroxylation is 1. The third-order valence-corrected chi connectivity index (χ3v) is 4.40. The van der Waals surface area contributed by atoms with E-state index in [0.717, 1.165) is 36.9 Å². The Morgan fingerprint density at radius 3 is 3.11 bits per heavy atom. The molecule has 5 nitrogen and oxygen atoms in total. The van der Waals surface area contributed by atoms with Gasteiger partial charge >= 0.3 is 0 Å². The number of rotatable bonds is 7. The first-order chi connectivity index (χ1) is 9.31. The lowest BCUT2D eigenvalue weighted by Gasteiger charge is -2.11. The van der Waals surface area contributed by atoms with Crippen molar-refractivity contribution < 1.29 is 5.11 Å². The number of nitrogens with zero attached hydrogens (tertiary/aromatic N) is 3. The number of aromatic nitrogens is 3. The summed E-state index contributed by atoms with van der Waals surface area (Å²) in [5.74, 6) is 1.79. The number of hydrogen-bond acceptors (Lipinski definition) is 5. The first-order valence-electron chi connectivity index (χ1n) is 7.25. The monoisotopic (exact) mass is 284 g/mol. The Morgan fingerprint density at radius 2 is 2.26 bits per heavy atom. The minimum Gasteiger partial charge on any atom is -0.391 e. The fourth-order valence-corrected chi connectivity index (χ4v) is 3.15. The highest BCUT2D eigenvalue weighted by atomic mass is 32.2. The van der Waals surface area contributed by atoms with Crippen LogP contribution in [0.15, 0.2) is 5.16 Å². The number of thioether (sulfide) groups is 1. The molecule has 0 aliphatic carbocycles. The normalized spacial score (nSPS) is 16.9. The van der Waals surface area contributed by atoms with Crippen LogP contribution in [-0.4, -0.2) is 44.8 Å². The van der Waals surface area contributed by atoms with Crippen LogP contribution in [0.1, 0.15) is 38.4 Å². The molecule has 1 atom stereocenters. The maximum absolute atomic E-state index is 9.89. The molecular weight excluding hydrogens is 260 g/mol. The predicted molar refractivity (Wildman–Crippen MR) is 77.5 cm³/mol. The largest absolute Gasteiger partial charge is 0.391 e. The van der Waals surface area contributed by atoms with Crippen LogP contribution in [0, 0.1) is 0 Å². The van der Waals surface area contributed by atoms with Crippen molar-refractivity contribution in [2.24, 2.45) is 0 Å². The van der Waals surface area contributed by atoms with Gasteiger partial charge in [-0.15, -0.1) is 10.2 Å². The lowest BCUT2D eigenvalue weighted by atomic mass is 10.2. The lowest BCUT2D eigenvalue weighted by Crippen LogP contribution is -2.29. The topological polar surface area (TPSA) is 63.0 Å². The van der Waals surface area contributed by atoms with E-state index in [1.165, 1.54) is 19.3 Å². The first kappa shape index (κ1) is 14.8. The van der Waals surface area contributed by atoms with E-state index in [4.69, 9.17) is 0 Å². The van der Waals surface area contributed by atoms with Crippen molar-refractivity contribution in [3.05, 3.63) is 5.82 Å². The average Bonchev–Trinajstić information content (AvgIpc) is 2.64. The van der Waals surface area contributed by atoms with Crippen LogP contribution >= 0.6 is 11.8 Å². The molecular formula is C13H24N4OS. The third-order valence-electron chi connectivity index (χ3n) is 3.29. The Kier molecular flexibility index (Phi) is 6.13. The molecule has 2 N–H and O–H groups in total. The molecule has 0 amide bonds. The summed E-state index contributed by atoms with van der Waals surface area (Å²) in [6, 6.07) is 0. The number of hydrogen-bond donors (Lipinski definition) is 2. The minimum atomic E-state index is -0.324. The molecule has 2 heterocycles. The van der Waals surface area contributed by atoms with Crippen LogP contribution in [0.4, 0.5) is 0 Å². The highest BCUT2D eigenvalue weighted by molar-refractivity contribution is 7.99. The fraction of sp³-hybridized carbons (Fsp3) is 0.846. The second-order valence-corrected chi connectivity index (χ2v) is 6.02. The van der Waals surface area contributed by atoms with E-state index >= 15 is 0 Å². The summed E-state index contributed by atoms with van der Waals surface area (Å²) >= 11 is 1.62. The second-order valence-electron chi connectivity index (χ2n) is 5.03. The zero-order chi connectivity index (χ0) is 13.5. The molecule has 108 valence electrons. The van der Waals surface area contributed by atoms with Gasteiger partial charge in [-0.25, -0.2) is 0 Å². The summed E-state index contributed by atoms with van der Waals surface area (Å²) in [6.45, 7) is 4.76. The molecule has 1 aliphatic heterocycles. The van der Waals surface area contributed by atoms with Gasteiger partial charge in [0.2, 0.25) is 0 Å². The highest BCUT2D eigenvalue weighted by Gasteiger charge is 2.16. The van der Waals surface area contributed by atoms with E-state index in [-0.39, 0.29) is 6.10 Å². The minimum absolute atomic E-state index is 0.324. The Bertz CT molecular complexity index is 383. The molecule has 1 aromatic heterocycles. The van der Waals surface area contributed by atoms with E-state index in [0.29, 0.717) is 12.3 Å². The average molecular weight is 284 g/mol. The fourth-order valence-electron chi connectivity index (χ4n) is 2.24. The molecule has 0 bridgehead atoms. The van der Waals surface area contributed by atoms with E-state index in [2.05, 4.69) is 27.0 Å². The molecule has 0 fully saturated rings. The van der Waals surface area contributed by atoms with Gasteiger partial charge in [-0.1, -0.05) is 25.1 Å². The Hall–Kier alpha value is -0.590. The van der Waals surface area contributed by atoms with E-state index in [1.807, 2.05) is 0 Å². The zero-order valence-corrected chi connectivity index (χ0v) is 12.5. The van der Waals surface area contributed by atoms with Gasteiger partial charge in [-0.3, -0.25) is 0 Å². The number of fused-ring (bicyclic) bond motifs is 1. The van der Waals surface area contributed by atoms with Gasteiger partial charge in [0.25, 0.3) is 0 Å². The smallest absolute Gasteiger partial charge is 0.191 e. The quantitative estimate of drug-likeness (QED) is 0.586. The summed E-state index contributed by atoms with van der Waals surface area (Å²) in [5, 5.41) is 22.6. The summed E-state index contributed by atoms with van der Waals surface area (Å²) < 4.78 is 2.23. The molecule has 0 saturated carbocycles. The molecule has 2 rings (SSSR count). The Balaban J connectivity index is 1.81. The molecule has 1 unspecified atom stereocenters. The van der Waals surface area contributed by atoms with Crippen molar-refractivity contribution in [1.29, 1.82) is 0 Å². The van der Waals surface area contributed by atoms with Gasteiger partial charge in [0, 0.05) is 25.3 Å². The van der Waals surface area contributed by atoms with Crippen LogP contribution in [0.2, 0.25) is 0 Å². The number of nitrogens with one attached hydrogen (secondary N) is 1. The van der Waals surface area contributed by atoms with Crippen molar-refractivity contribution in [2.45, 2.75) is 56.8 Å². The zero-order valence-electron chi connectivity index (χ0n) is 11.6. The highest BCUT2D eigenvalue weighted by Crippen LogP contribution is 2.22. The van der Waals surface area contributed by atoms with E-state index in [1.54, 1.807) is 11.8 Å². The van der Waals surface area contributed by atoms with Gasteiger partial charge in [-0.05, 0) is 25.8 Å². The standard InChI is InChI=1S/C13H24N4OS/c1-2-7-14-9-11(18)10-19-13-16-15-12-6-4-3-5-8-17(12)13/h11,14,18H,2-10H2,1H3. The summed E-state index contributed by atoms with van der Waals surface area (Å²) in [6.07, 6.45) is 5.50. The second kappa shape index (κ2) is 7.87. The molecule has 1 aliphatic rings. The van der Waals surface area contributed by atoms with Crippen LogP contribution in [0.3, 0.4) is 0 Å². The van der Waals surface area contributed by atoms with Crippen molar-refractivity contribution in [2.75, 3.05) is 18.8 Å². The summed E-state index contributed by atoms with van der Waals surface area (Å²) in [5.41, 5.74) is 0. The van der Waals surface area contributed by atoms with Crippen molar-refractivity contribution in [3.8, 4) is 0 Å². The van der Waals surface area contributed by atoms with Crippen molar-refractivity contribution >= 4 is 11.8 Å².